The van der Waals surface area contributed by atoms with E-state index in [1.54, 1.807) is 0 Å². The van der Waals surface area contributed by atoms with Gasteiger partial charge in [0.1, 0.15) is 44.3 Å². The molecule has 0 aliphatic carbocycles. The predicted octanol–water partition coefficient (Wildman–Crippen LogP) is 14.9. The summed E-state index contributed by atoms with van der Waals surface area (Å²) < 4.78 is 31.6. The highest BCUT2D eigenvalue weighted by Gasteiger charge is 2.41. The van der Waals surface area contributed by atoms with Crippen LogP contribution in [-0.2, 0) is 13.3 Å². The number of allylic oxidation sites excluding steroid dienone is 2. The zero-order chi connectivity index (χ0) is 59.4. The summed E-state index contributed by atoms with van der Waals surface area (Å²) in [6.45, 7) is 10.8. The number of nitrogens with zero attached hydrogens (tertiary/aromatic N) is 5. The number of nitrogens with one attached hydrogen (secondary N) is 2. The summed E-state index contributed by atoms with van der Waals surface area (Å²) in [5, 5.41) is 1.91. The van der Waals surface area contributed by atoms with Crippen LogP contribution >= 0.6 is 71.9 Å². The number of ether oxygens (including phenoxy) is 1. The second-order valence-electron chi connectivity index (χ2n) is 27.1. The highest BCUT2D eigenvalue weighted by molar-refractivity contribution is 14.0. The molecule has 6 aliphatic heterocycles. The highest BCUT2D eigenvalue weighted by Crippen LogP contribution is 2.43. The van der Waals surface area contributed by atoms with Crippen LogP contribution in [0.25, 0.3) is 11.1 Å². The molecule has 8 heterocycles. The van der Waals surface area contributed by atoms with E-state index in [9.17, 15) is 0 Å². The Kier molecular flexibility index (Phi) is 23.1. The second-order valence-corrected chi connectivity index (χ2v) is 27.1. The van der Waals surface area contributed by atoms with Gasteiger partial charge in [0.15, 0.2) is 0 Å². The topological polar surface area (TPSA) is 99.4 Å². The Labute approximate surface area is 580 Å². The van der Waals surface area contributed by atoms with Gasteiger partial charge in [0, 0.05) is 62.7 Å². The number of para-hydroxylation sites is 4. The smallest absolute Gasteiger partial charge is 0.360 e. The van der Waals surface area contributed by atoms with Crippen LogP contribution in [0.5, 0.6) is 23.0 Å². The van der Waals surface area contributed by atoms with Gasteiger partial charge in [-0.1, -0.05) is 106 Å². The molecule has 14 heteroatoms. The third kappa shape index (κ3) is 16.0. The molecule has 3 saturated heterocycles. The van der Waals surface area contributed by atoms with E-state index in [0.29, 0.717) is 0 Å². The molecular weight excluding hydrogens is 1440 g/mol. The van der Waals surface area contributed by atoms with Gasteiger partial charge in [-0.25, -0.2) is 13.3 Å². The standard InChI is InChI=1S/C75H93N7O4.3HI/c1-9-11-12-13-23-52(22-10-2)83-68-28-18-14-24-56(68)72-60-32-34-62(76-60)73(57-25-15-19-29-69(57)84-53-40-46-80(3,4)47-41-53)64-36-38-66(78-64)75(59-27-17-21-31-71(59)86-55-44-50-82(7,8)51-45-55)67-39-37-65(79-67)74(63-35-33-61(72)77-63)58-26-16-20-30-70(58)85-54-42-48-81(5,6)49-43-54;;;/h14-21,24-39,52,64,67,73,75-77H,9-13,22-23,40-51H2,1-8H3;3*1H/q+6;;;. The molecule has 0 saturated carbocycles. The second kappa shape index (κ2) is 30.1. The van der Waals surface area contributed by atoms with Gasteiger partial charge in [0.05, 0.1) is 134 Å². The molecule has 6 aliphatic rings. The monoisotopic (exact) mass is 1540 g/mol. The minimum atomic E-state index is -0.317. The number of quaternary nitrogens is 3. The number of likely N-dealkylation sites (tertiary alicyclic amines) is 3. The summed E-state index contributed by atoms with van der Waals surface area (Å²) in [4.78, 5) is 20.1. The van der Waals surface area contributed by atoms with Gasteiger partial charge in [-0.2, -0.15) is 0 Å². The summed E-state index contributed by atoms with van der Waals surface area (Å²) in [7, 11) is 13.9. The lowest BCUT2D eigenvalue weighted by Crippen LogP contribution is -2.46. The van der Waals surface area contributed by atoms with Crippen LogP contribution in [0.4, 0.5) is 0 Å². The molecule has 2 N–H and O–H groups in total. The Hall–Kier alpha value is -5.12. The van der Waals surface area contributed by atoms with Gasteiger partial charge < -0.3 is 28.2 Å². The van der Waals surface area contributed by atoms with E-state index in [2.05, 4.69) is 212 Å². The molecular formula is C75H96I3N7O4+6. The van der Waals surface area contributed by atoms with E-state index in [1.165, 1.54) is 19.3 Å². The van der Waals surface area contributed by atoms with Crippen molar-refractivity contribution in [1.29, 1.82) is 0 Å². The maximum atomic E-state index is 7.26. The molecule has 5 atom stereocenters. The Bertz CT molecular complexity index is 3790. The molecule has 11 nitrogen and oxygen atoms in total. The van der Waals surface area contributed by atoms with E-state index in [4.69, 9.17) is 28.0 Å². The number of aliphatic imine (C=N–C) groups is 2. The molecule has 0 spiro atoms. The minimum absolute atomic E-state index is 0. The number of hydrogen-bond donors (Lipinski definition) is 2. The van der Waals surface area contributed by atoms with Crippen LogP contribution in [0.2, 0.25) is 0 Å². The number of ketones is 3. The lowest BCUT2D eigenvalue weighted by atomic mass is 9.87. The molecule has 3 fully saturated rings. The molecule has 89 heavy (non-hydrogen) atoms. The number of halogens is 3. The maximum Gasteiger partial charge on any atom is 0.360 e. The van der Waals surface area contributed by atoms with Gasteiger partial charge in [-0.3, -0.25) is 9.98 Å². The molecule has 470 valence electrons. The summed E-state index contributed by atoms with van der Waals surface area (Å²) in [5.41, 5.74) is 10.1. The fourth-order valence-electron chi connectivity index (χ4n) is 13.7. The van der Waals surface area contributed by atoms with Crippen LogP contribution in [0.1, 0.15) is 143 Å². The van der Waals surface area contributed by atoms with Crippen molar-refractivity contribution >= 4 is 112 Å². The van der Waals surface area contributed by atoms with Gasteiger partial charge in [-0.15, -0.1) is 71.9 Å². The zero-order valence-corrected chi connectivity index (χ0v) is 60.8. The molecule has 0 amide bonds. The first-order chi connectivity index (χ1) is 41.7. The predicted molar refractivity (Wildman–Crippen MR) is 397 cm³/mol. The summed E-state index contributed by atoms with van der Waals surface area (Å²) in [6, 6.07) is 43.0. The SMILES string of the molecule is CCCCCCC(CCC)Oc1ccccc1C1=c2ccc([nH]2)=C(c2ccccc2[O+]=C2CC[N+](C)(C)CC2)C2=NC(C=C2)C(c2ccccc2[O+]=C2CC[N+](C)(C)CC2)C2=NC(C=C2)C(c2ccccc2[O+]=C2CC[N+](C)(C)CC2)c2ccc1[nH]2.I.I.I. The number of carbonyl (C=O) groups excluding carboxylic acids is 3. The van der Waals surface area contributed by atoms with Crippen molar-refractivity contribution in [2.45, 2.75) is 127 Å². The first-order valence-electron chi connectivity index (χ1n) is 32.4. The number of aromatic amines is 2. The molecule has 8 bridgehead atoms. The zero-order valence-electron chi connectivity index (χ0n) is 53.8. The first-order valence-corrected chi connectivity index (χ1v) is 32.4. The Morgan fingerprint density at radius 2 is 0.989 bits per heavy atom. The molecule has 12 rings (SSSR count). The van der Waals surface area contributed by atoms with Gasteiger partial charge in [-0.05, 0) is 79.9 Å². The van der Waals surface area contributed by atoms with Crippen LogP contribution < -0.4 is 15.4 Å². The quantitative estimate of drug-likeness (QED) is 0.0429. The van der Waals surface area contributed by atoms with Crippen molar-refractivity contribution in [1.82, 2.24) is 9.97 Å². The Balaban J connectivity index is 0.00000314. The van der Waals surface area contributed by atoms with Crippen molar-refractivity contribution in [2.75, 3.05) is 81.6 Å². The van der Waals surface area contributed by atoms with Gasteiger partial charge >= 0.3 is 34.6 Å². The van der Waals surface area contributed by atoms with Crippen LogP contribution in [0, 0.1) is 0 Å². The first kappa shape index (κ1) is 68.3. The van der Waals surface area contributed by atoms with E-state index in [0.717, 1.165) is 224 Å². The van der Waals surface area contributed by atoms with Crippen LogP contribution in [-0.4, -0.2) is 152 Å². The number of benzene rings is 4. The largest absolute Gasteiger partial charge is 0.490 e. The summed E-state index contributed by atoms with van der Waals surface area (Å²) in [6.07, 6.45) is 22.6. The van der Waals surface area contributed by atoms with Crippen LogP contribution in [0.15, 0.2) is 156 Å². The van der Waals surface area contributed by atoms with Gasteiger partial charge in [0.25, 0.3) is 0 Å². The number of aromatic nitrogens is 2. The van der Waals surface area contributed by atoms with Crippen molar-refractivity contribution < 1.29 is 31.5 Å². The Morgan fingerprint density at radius 3 is 1.58 bits per heavy atom. The highest BCUT2D eigenvalue weighted by atomic mass is 127. The lowest BCUT2D eigenvalue weighted by Gasteiger charge is -2.31. The van der Waals surface area contributed by atoms with E-state index in [1.807, 2.05) is 0 Å². The fraction of sp³-hybridized carbons (Fsp3) is 0.427. The van der Waals surface area contributed by atoms with Crippen LogP contribution in [0.3, 0.4) is 0 Å². The Morgan fingerprint density at radius 1 is 0.483 bits per heavy atom. The molecule has 0 radical (unpaired) electrons. The average Bonchev–Trinajstić information content (AvgIpc) is 1.74. The summed E-state index contributed by atoms with van der Waals surface area (Å²) >= 11 is 0. The van der Waals surface area contributed by atoms with Crippen molar-refractivity contribution in [3.63, 3.8) is 0 Å². The van der Waals surface area contributed by atoms with Crippen molar-refractivity contribution in [3.8, 4) is 23.0 Å². The average molecular weight is 1540 g/mol. The lowest BCUT2D eigenvalue weighted by molar-refractivity contribution is -0.891. The third-order valence-electron chi connectivity index (χ3n) is 19.1. The van der Waals surface area contributed by atoms with E-state index >= 15 is 0 Å². The molecule has 5 unspecified atom stereocenters. The van der Waals surface area contributed by atoms with Gasteiger partial charge in [0.2, 0.25) is 0 Å². The fourth-order valence-corrected chi connectivity index (χ4v) is 13.7. The van der Waals surface area contributed by atoms with E-state index in [-0.39, 0.29) is 102 Å². The third-order valence-corrected chi connectivity index (χ3v) is 19.1. The normalized spacial score (nSPS) is 21.8. The number of fused-ring (bicyclic) bond motifs is 6. The number of hydrogen-bond acceptors (Lipinski definition) is 3. The molecule has 6 aromatic rings. The number of piperidine rings is 3. The van der Waals surface area contributed by atoms with E-state index < -0.39 is 0 Å². The maximum absolute atomic E-state index is 7.26. The van der Waals surface area contributed by atoms with Crippen molar-refractivity contribution in [3.05, 3.63) is 190 Å². The number of unbranched alkanes of at least 4 members (excludes halogenated alkanes) is 3. The summed E-state index contributed by atoms with van der Waals surface area (Å²) in [5.74, 6) is 6.35. The minimum Gasteiger partial charge on any atom is -0.490 e. The number of H-pyrrole nitrogens is 2. The molecule has 4 aromatic carbocycles. The molecule has 2 aromatic heterocycles. The van der Waals surface area contributed by atoms with Crippen molar-refractivity contribution in [2.24, 2.45) is 9.98 Å². The number of rotatable bonds is 16.